The predicted octanol–water partition coefficient (Wildman–Crippen LogP) is 4.28. The number of alkyl halides is 3. The molecule has 0 aliphatic carbocycles. The molecule has 2 nitrogen and oxygen atoms in total. The first kappa shape index (κ1) is 14.7. The van der Waals surface area contributed by atoms with Gasteiger partial charge in [0.05, 0.1) is 5.56 Å². The molecule has 0 saturated carbocycles. The zero-order chi connectivity index (χ0) is 14.0. The van der Waals surface area contributed by atoms with E-state index in [-0.39, 0.29) is 16.9 Å². The molecule has 1 aromatic rings. The van der Waals surface area contributed by atoms with Crippen molar-refractivity contribution in [1.82, 2.24) is 0 Å². The zero-order valence-corrected chi connectivity index (χ0v) is 10.9. The summed E-state index contributed by atoms with van der Waals surface area (Å²) >= 11 is 0. The quantitative estimate of drug-likeness (QED) is 0.793. The maximum absolute atomic E-state index is 12.9. The molecule has 0 spiro atoms. The van der Waals surface area contributed by atoms with Gasteiger partial charge in [0.1, 0.15) is 0 Å². The molecule has 5 heteroatoms. The highest BCUT2D eigenvalue weighted by molar-refractivity contribution is 5.60. The molecule has 0 heterocycles. The van der Waals surface area contributed by atoms with E-state index in [1.165, 1.54) is 12.1 Å². The van der Waals surface area contributed by atoms with E-state index in [0.717, 1.165) is 18.9 Å². The van der Waals surface area contributed by atoms with Crippen molar-refractivity contribution in [2.75, 3.05) is 11.1 Å². The van der Waals surface area contributed by atoms with Gasteiger partial charge in [-0.25, -0.2) is 0 Å². The van der Waals surface area contributed by atoms with Crippen molar-refractivity contribution in [3.8, 4) is 0 Å². The van der Waals surface area contributed by atoms with E-state index in [1.807, 2.05) is 20.8 Å². The van der Waals surface area contributed by atoms with Crippen molar-refractivity contribution in [3.63, 3.8) is 0 Å². The number of nitrogens with one attached hydrogen (secondary N) is 1. The van der Waals surface area contributed by atoms with Gasteiger partial charge in [-0.3, -0.25) is 0 Å². The van der Waals surface area contributed by atoms with Gasteiger partial charge in [0, 0.05) is 16.9 Å². The van der Waals surface area contributed by atoms with E-state index in [2.05, 4.69) is 5.32 Å². The summed E-state index contributed by atoms with van der Waals surface area (Å²) in [5.74, 6) is 0. The molecule has 0 unspecified atom stereocenters. The van der Waals surface area contributed by atoms with Crippen LogP contribution in [0.2, 0.25) is 0 Å². The molecule has 0 bridgehead atoms. The standard InChI is InChI=1S/C13H19F3N2/c1-4-7-12(2,3)18-11-6-5-9(17)8-10(11)13(14,15)16/h5-6,8,18H,4,7,17H2,1-3H3. The van der Waals surface area contributed by atoms with Crippen molar-refractivity contribution >= 4 is 11.4 Å². The molecule has 0 aliphatic heterocycles. The van der Waals surface area contributed by atoms with E-state index in [1.54, 1.807) is 0 Å². The van der Waals surface area contributed by atoms with Crippen LogP contribution >= 0.6 is 0 Å². The fraction of sp³-hybridized carbons (Fsp3) is 0.538. The van der Waals surface area contributed by atoms with Crippen molar-refractivity contribution < 1.29 is 13.2 Å². The Morgan fingerprint density at radius 3 is 2.33 bits per heavy atom. The van der Waals surface area contributed by atoms with Gasteiger partial charge in [-0.05, 0) is 38.5 Å². The summed E-state index contributed by atoms with van der Waals surface area (Å²) in [5, 5.41) is 2.95. The SMILES string of the molecule is CCCC(C)(C)Nc1ccc(N)cc1C(F)(F)F. The van der Waals surface area contributed by atoms with Gasteiger partial charge in [-0.15, -0.1) is 0 Å². The first-order chi connectivity index (χ1) is 8.15. The molecule has 0 amide bonds. The monoisotopic (exact) mass is 260 g/mol. The minimum atomic E-state index is -4.40. The lowest BCUT2D eigenvalue weighted by Gasteiger charge is -2.29. The summed E-state index contributed by atoms with van der Waals surface area (Å²) in [6.07, 6.45) is -2.72. The number of nitrogens with two attached hydrogens (primary N) is 1. The van der Waals surface area contributed by atoms with Gasteiger partial charge >= 0.3 is 6.18 Å². The second-order valence-electron chi connectivity index (χ2n) is 5.06. The van der Waals surface area contributed by atoms with Gasteiger partial charge in [-0.2, -0.15) is 13.2 Å². The van der Waals surface area contributed by atoms with Crippen LogP contribution in [0.5, 0.6) is 0 Å². The number of nitrogen functional groups attached to an aromatic ring is 1. The lowest BCUT2D eigenvalue weighted by atomic mass is 9.97. The number of halogens is 3. The van der Waals surface area contributed by atoms with Gasteiger partial charge < -0.3 is 11.1 Å². The van der Waals surface area contributed by atoms with Crippen molar-refractivity contribution in [3.05, 3.63) is 23.8 Å². The average molecular weight is 260 g/mol. The van der Waals surface area contributed by atoms with Crippen molar-refractivity contribution in [2.45, 2.75) is 45.3 Å². The summed E-state index contributed by atoms with van der Waals surface area (Å²) in [6.45, 7) is 5.76. The number of anilines is 2. The van der Waals surface area contributed by atoms with Crippen LogP contribution < -0.4 is 11.1 Å². The van der Waals surface area contributed by atoms with Gasteiger partial charge in [0.2, 0.25) is 0 Å². The van der Waals surface area contributed by atoms with E-state index in [4.69, 9.17) is 5.73 Å². The number of hydrogen-bond acceptors (Lipinski definition) is 2. The van der Waals surface area contributed by atoms with E-state index in [9.17, 15) is 13.2 Å². The molecule has 0 aromatic heterocycles. The smallest absolute Gasteiger partial charge is 0.399 e. The first-order valence-corrected chi connectivity index (χ1v) is 5.90. The maximum Gasteiger partial charge on any atom is 0.418 e. The van der Waals surface area contributed by atoms with Crippen LogP contribution in [-0.2, 0) is 6.18 Å². The molecular weight excluding hydrogens is 241 g/mol. The summed E-state index contributed by atoms with van der Waals surface area (Å²) in [5.41, 5.74) is 4.51. The molecule has 0 aliphatic rings. The molecule has 102 valence electrons. The minimum absolute atomic E-state index is 0.0788. The third-order valence-corrected chi connectivity index (χ3v) is 2.70. The Kier molecular flexibility index (Phi) is 4.14. The largest absolute Gasteiger partial charge is 0.418 e. The molecule has 18 heavy (non-hydrogen) atoms. The summed E-state index contributed by atoms with van der Waals surface area (Å²) in [4.78, 5) is 0. The summed E-state index contributed by atoms with van der Waals surface area (Å²) in [6, 6.07) is 3.82. The van der Waals surface area contributed by atoms with Crippen LogP contribution in [0.3, 0.4) is 0 Å². The second-order valence-corrected chi connectivity index (χ2v) is 5.06. The van der Waals surface area contributed by atoms with Gasteiger partial charge in [0.25, 0.3) is 0 Å². The Balaban J connectivity index is 3.09. The molecule has 1 aromatic carbocycles. The zero-order valence-electron chi connectivity index (χ0n) is 10.9. The summed E-state index contributed by atoms with van der Waals surface area (Å²) < 4.78 is 38.7. The van der Waals surface area contributed by atoms with Crippen LogP contribution in [0.1, 0.15) is 39.2 Å². The predicted molar refractivity (Wildman–Crippen MR) is 68.5 cm³/mol. The van der Waals surface area contributed by atoms with E-state index in [0.29, 0.717) is 0 Å². The highest BCUT2D eigenvalue weighted by Gasteiger charge is 2.34. The molecule has 0 atom stereocenters. The lowest BCUT2D eigenvalue weighted by Crippen LogP contribution is -2.31. The van der Waals surface area contributed by atoms with Crippen molar-refractivity contribution in [1.29, 1.82) is 0 Å². The first-order valence-electron chi connectivity index (χ1n) is 5.90. The Morgan fingerprint density at radius 2 is 1.83 bits per heavy atom. The average Bonchev–Trinajstić information content (AvgIpc) is 2.18. The topological polar surface area (TPSA) is 38.0 Å². The van der Waals surface area contributed by atoms with Crippen LogP contribution in [0.25, 0.3) is 0 Å². The molecule has 0 saturated heterocycles. The highest BCUT2D eigenvalue weighted by Crippen LogP contribution is 2.37. The van der Waals surface area contributed by atoms with Crippen LogP contribution in [-0.4, -0.2) is 5.54 Å². The van der Waals surface area contributed by atoms with Gasteiger partial charge in [0.15, 0.2) is 0 Å². The Hall–Kier alpha value is -1.39. The summed E-state index contributed by atoms with van der Waals surface area (Å²) in [7, 11) is 0. The molecule has 0 fully saturated rings. The Morgan fingerprint density at radius 1 is 1.22 bits per heavy atom. The third-order valence-electron chi connectivity index (χ3n) is 2.70. The minimum Gasteiger partial charge on any atom is -0.399 e. The highest BCUT2D eigenvalue weighted by atomic mass is 19.4. The van der Waals surface area contributed by atoms with Crippen LogP contribution in [0, 0.1) is 0 Å². The fourth-order valence-electron chi connectivity index (χ4n) is 1.96. The Labute approximate surface area is 105 Å². The second kappa shape index (κ2) is 5.08. The van der Waals surface area contributed by atoms with Gasteiger partial charge in [-0.1, -0.05) is 13.3 Å². The number of benzene rings is 1. The normalized spacial score (nSPS) is 12.6. The maximum atomic E-state index is 12.9. The van der Waals surface area contributed by atoms with Crippen molar-refractivity contribution in [2.24, 2.45) is 0 Å². The van der Waals surface area contributed by atoms with Crippen LogP contribution in [0.4, 0.5) is 24.5 Å². The molecule has 1 rings (SSSR count). The Bertz CT molecular complexity index is 411. The lowest BCUT2D eigenvalue weighted by molar-refractivity contribution is -0.136. The fourth-order valence-corrected chi connectivity index (χ4v) is 1.96. The molecule has 0 radical (unpaired) electrons. The van der Waals surface area contributed by atoms with Crippen LogP contribution in [0.15, 0.2) is 18.2 Å². The number of rotatable bonds is 4. The third kappa shape index (κ3) is 3.82. The number of hydrogen-bond donors (Lipinski definition) is 2. The van der Waals surface area contributed by atoms with E-state index < -0.39 is 11.7 Å². The molecule has 3 N–H and O–H groups in total. The molecular formula is C13H19F3N2. The van der Waals surface area contributed by atoms with E-state index >= 15 is 0 Å².